The molecule has 1 aliphatic carbocycles. The summed E-state index contributed by atoms with van der Waals surface area (Å²) in [7, 11) is 0. The van der Waals surface area contributed by atoms with Gasteiger partial charge in [-0.3, -0.25) is 4.79 Å². The number of carbonyl (C=O) groups is 1. The van der Waals surface area contributed by atoms with E-state index in [1.807, 2.05) is 0 Å². The number of ketones is 1. The molecule has 2 heteroatoms. The van der Waals surface area contributed by atoms with Crippen LogP contribution in [-0.4, -0.2) is 18.5 Å². The van der Waals surface area contributed by atoms with E-state index in [1.165, 1.54) is 0 Å². The lowest BCUT2D eigenvalue weighted by Gasteiger charge is -2.38. The van der Waals surface area contributed by atoms with Gasteiger partial charge in [0.05, 0.1) is 6.10 Å². The Morgan fingerprint density at radius 2 is 2.44 bits per heavy atom. The van der Waals surface area contributed by atoms with Crippen molar-refractivity contribution in [1.29, 1.82) is 0 Å². The highest BCUT2D eigenvalue weighted by Gasteiger charge is 2.41. The largest absolute Gasteiger partial charge is 0.377 e. The van der Waals surface area contributed by atoms with Crippen LogP contribution in [0, 0.1) is 5.92 Å². The van der Waals surface area contributed by atoms with Crippen LogP contribution in [0.2, 0.25) is 0 Å². The van der Waals surface area contributed by atoms with Gasteiger partial charge in [0.15, 0.2) is 0 Å². The monoisotopic (exact) mass is 126 g/mol. The predicted octanol–water partition coefficient (Wildman–Crippen LogP) is 0.754. The molecule has 0 aromatic carbocycles. The van der Waals surface area contributed by atoms with E-state index in [-0.39, 0.29) is 0 Å². The highest BCUT2D eigenvalue weighted by atomic mass is 16.5. The van der Waals surface area contributed by atoms with Gasteiger partial charge >= 0.3 is 0 Å². The number of ether oxygens (including phenoxy) is 1. The van der Waals surface area contributed by atoms with E-state index < -0.39 is 0 Å². The second-order valence-electron chi connectivity index (χ2n) is 2.83. The molecule has 2 nitrogen and oxygen atoms in total. The van der Waals surface area contributed by atoms with Crippen LogP contribution in [-0.2, 0) is 9.53 Å². The number of hydrogen-bond donors (Lipinski definition) is 0. The normalized spacial score (nSPS) is 41.6. The molecule has 0 radical (unpaired) electrons. The van der Waals surface area contributed by atoms with Crippen molar-refractivity contribution < 1.29 is 9.53 Å². The van der Waals surface area contributed by atoms with E-state index in [0.717, 1.165) is 19.4 Å². The highest BCUT2D eigenvalue weighted by molar-refractivity contribution is 5.88. The summed E-state index contributed by atoms with van der Waals surface area (Å²) in [5.41, 5.74) is 0. The van der Waals surface area contributed by atoms with E-state index >= 15 is 0 Å². The molecule has 2 fully saturated rings. The molecule has 1 saturated carbocycles. The molecule has 0 aromatic rings. The summed E-state index contributed by atoms with van der Waals surface area (Å²) in [5.74, 6) is 0.707. The first-order valence-electron chi connectivity index (χ1n) is 3.52. The first-order chi connectivity index (χ1) is 4.38. The number of rotatable bonds is 0. The Bertz CT molecular complexity index is 142. The van der Waals surface area contributed by atoms with Crippen molar-refractivity contribution in [1.82, 2.24) is 0 Å². The molecule has 9 heavy (non-hydrogen) atoms. The van der Waals surface area contributed by atoms with Crippen LogP contribution >= 0.6 is 0 Å². The molecule has 1 saturated heterocycles. The minimum Gasteiger partial charge on any atom is -0.377 e. The van der Waals surface area contributed by atoms with Gasteiger partial charge in [-0.05, 0) is 12.8 Å². The lowest BCUT2D eigenvalue weighted by Crippen LogP contribution is -2.46. The third-order valence-corrected chi connectivity index (χ3v) is 2.26. The maximum Gasteiger partial charge on any atom is 0.141 e. The van der Waals surface area contributed by atoms with Crippen molar-refractivity contribution >= 4 is 5.78 Å². The molecule has 0 aromatic heterocycles. The highest BCUT2D eigenvalue weighted by Crippen LogP contribution is 2.33. The Morgan fingerprint density at radius 1 is 1.56 bits per heavy atom. The van der Waals surface area contributed by atoms with E-state index in [4.69, 9.17) is 4.74 Å². The van der Waals surface area contributed by atoms with E-state index in [2.05, 4.69) is 0 Å². The van der Waals surface area contributed by atoms with E-state index in [9.17, 15) is 4.79 Å². The average Bonchev–Trinajstić information content (AvgIpc) is 1.86. The molecule has 1 aliphatic heterocycles. The molecule has 0 spiro atoms. The zero-order chi connectivity index (χ0) is 6.27. The summed E-state index contributed by atoms with van der Waals surface area (Å²) in [6, 6.07) is 0. The van der Waals surface area contributed by atoms with Crippen LogP contribution in [0.25, 0.3) is 0 Å². The van der Waals surface area contributed by atoms with Crippen LogP contribution in [0.4, 0.5) is 0 Å². The van der Waals surface area contributed by atoms with Gasteiger partial charge in [-0.15, -0.1) is 0 Å². The topological polar surface area (TPSA) is 26.3 Å². The maximum atomic E-state index is 10.8. The van der Waals surface area contributed by atoms with Gasteiger partial charge in [0, 0.05) is 18.9 Å². The van der Waals surface area contributed by atoms with Gasteiger partial charge in [-0.1, -0.05) is 0 Å². The van der Waals surface area contributed by atoms with Gasteiger partial charge in [0.2, 0.25) is 0 Å². The second-order valence-corrected chi connectivity index (χ2v) is 2.83. The van der Waals surface area contributed by atoms with Crippen molar-refractivity contribution in [3.05, 3.63) is 0 Å². The zero-order valence-corrected chi connectivity index (χ0v) is 5.30. The van der Waals surface area contributed by atoms with Crippen molar-refractivity contribution in [2.24, 2.45) is 5.92 Å². The molecule has 2 atom stereocenters. The predicted molar refractivity (Wildman–Crippen MR) is 32.1 cm³/mol. The maximum absolute atomic E-state index is 10.8. The Hall–Kier alpha value is -0.370. The quantitative estimate of drug-likeness (QED) is 0.479. The third kappa shape index (κ3) is 0.697. The van der Waals surface area contributed by atoms with Crippen molar-refractivity contribution in [2.75, 3.05) is 6.61 Å². The minimum absolute atomic E-state index is 0.291. The first kappa shape index (κ1) is 5.42. The fourth-order valence-electron chi connectivity index (χ4n) is 1.60. The van der Waals surface area contributed by atoms with Crippen molar-refractivity contribution in [3.63, 3.8) is 0 Å². The molecule has 0 bridgehead atoms. The van der Waals surface area contributed by atoms with Gasteiger partial charge in [-0.25, -0.2) is 0 Å². The minimum atomic E-state index is 0.291. The molecule has 1 heterocycles. The van der Waals surface area contributed by atoms with Crippen LogP contribution in [0.5, 0.6) is 0 Å². The molecule has 0 unspecified atom stereocenters. The Morgan fingerprint density at radius 3 is 3.00 bits per heavy atom. The van der Waals surface area contributed by atoms with Crippen LogP contribution in [0.3, 0.4) is 0 Å². The molecule has 50 valence electrons. The molecule has 2 aliphatic rings. The van der Waals surface area contributed by atoms with Crippen molar-refractivity contribution in [2.45, 2.75) is 25.4 Å². The molecule has 0 amide bonds. The standard InChI is InChI=1S/C7H10O2/c8-6-4-7-5(6)2-1-3-9-7/h5,7H,1-4H2/t5-,7+/m0/s1. The second kappa shape index (κ2) is 1.81. The average molecular weight is 126 g/mol. The fourth-order valence-corrected chi connectivity index (χ4v) is 1.60. The van der Waals surface area contributed by atoms with Crippen LogP contribution in [0.1, 0.15) is 19.3 Å². The zero-order valence-electron chi connectivity index (χ0n) is 5.30. The Kier molecular flexibility index (Phi) is 1.09. The third-order valence-electron chi connectivity index (χ3n) is 2.26. The summed E-state index contributed by atoms with van der Waals surface area (Å²) in [5, 5.41) is 0. The lowest BCUT2D eigenvalue weighted by atomic mass is 9.76. The summed E-state index contributed by atoms with van der Waals surface area (Å²) in [6.45, 7) is 0.869. The fraction of sp³-hybridized carbons (Fsp3) is 0.857. The van der Waals surface area contributed by atoms with Gasteiger partial charge in [0.25, 0.3) is 0 Å². The number of fused-ring (bicyclic) bond motifs is 1. The van der Waals surface area contributed by atoms with E-state index in [0.29, 0.717) is 24.2 Å². The number of hydrogen-bond acceptors (Lipinski definition) is 2. The number of carbonyl (C=O) groups excluding carboxylic acids is 1. The summed E-state index contributed by atoms with van der Waals surface area (Å²) < 4.78 is 5.33. The van der Waals surface area contributed by atoms with Crippen molar-refractivity contribution in [3.8, 4) is 0 Å². The summed E-state index contributed by atoms with van der Waals surface area (Å²) in [6.07, 6.45) is 3.15. The molecule has 2 rings (SSSR count). The Labute approximate surface area is 54.2 Å². The molecular formula is C7H10O2. The van der Waals surface area contributed by atoms with Gasteiger partial charge in [-0.2, -0.15) is 0 Å². The van der Waals surface area contributed by atoms with Crippen LogP contribution in [0.15, 0.2) is 0 Å². The smallest absolute Gasteiger partial charge is 0.141 e. The van der Waals surface area contributed by atoms with E-state index in [1.54, 1.807) is 0 Å². The van der Waals surface area contributed by atoms with Gasteiger partial charge < -0.3 is 4.74 Å². The first-order valence-corrected chi connectivity index (χ1v) is 3.52. The number of Topliss-reactive ketones (excluding diaryl/α,β-unsaturated/α-hetero) is 1. The summed E-state index contributed by atoms with van der Waals surface area (Å²) >= 11 is 0. The lowest BCUT2D eigenvalue weighted by molar-refractivity contribution is -0.152. The van der Waals surface area contributed by atoms with Gasteiger partial charge in [0.1, 0.15) is 5.78 Å². The SMILES string of the molecule is O=C1C[C@H]2OCCC[C@@H]12. The molecule has 0 N–H and O–H groups in total. The Balaban J connectivity index is 2.01. The van der Waals surface area contributed by atoms with Crippen LogP contribution < -0.4 is 0 Å². The molecular weight excluding hydrogens is 116 g/mol. The summed E-state index contributed by atoms with van der Waals surface area (Å²) in [4.78, 5) is 10.8.